The van der Waals surface area contributed by atoms with Crippen molar-refractivity contribution in [2.75, 3.05) is 13.1 Å². The van der Waals surface area contributed by atoms with Crippen LogP contribution in [0.1, 0.15) is 44.3 Å². The summed E-state index contributed by atoms with van der Waals surface area (Å²) in [5.74, 6) is -0.982. The molecule has 1 aliphatic heterocycles. The third-order valence-electron chi connectivity index (χ3n) is 4.87. The number of rotatable bonds is 3. The number of morpholine rings is 1. The molecule has 3 rings (SSSR count). The van der Waals surface area contributed by atoms with Gasteiger partial charge in [0.1, 0.15) is 6.10 Å². The second kappa shape index (κ2) is 7.53. The van der Waals surface area contributed by atoms with E-state index in [2.05, 4.69) is 10.7 Å². The van der Waals surface area contributed by atoms with Gasteiger partial charge >= 0.3 is 12.0 Å². The molecule has 2 fully saturated rings. The average molecular weight is 352 g/mol. The number of urea groups is 1. The summed E-state index contributed by atoms with van der Waals surface area (Å²) in [7, 11) is 0. The van der Waals surface area contributed by atoms with Crippen molar-refractivity contribution in [1.29, 1.82) is 0 Å². The van der Waals surface area contributed by atoms with E-state index >= 15 is 0 Å². The van der Waals surface area contributed by atoms with Crippen LogP contribution in [0.4, 0.5) is 4.79 Å². The smallest absolute Gasteiger partial charge is 0.317 e. The molecular weight excluding hydrogens is 328 g/mol. The summed E-state index contributed by atoms with van der Waals surface area (Å²) in [4.78, 5) is 25.4. The molecule has 132 valence electrons. The van der Waals surface area contributed by atoms with Crippen LogP contribution in [-0.2, 0) is 9.53 Å². The number of carboxylic acids is 1. The summed E-state index contributed by atoms with van der Waals surface area (Å²) in [5.41, 5.74) is 1.12. The number of carboxylic acid groups (broad SMARTS) is 1. The van der Waals surface area contributed by atoms with Crippen LogP contribution in [0.2, 0.25) is 0 Å². The average Bonchev–Trinajstić information content (AvgIpc) is 3.09. The predicted octanol–water partition coefficient (Wildman–Crippen LogP) is 2.86. The van der Waals surface area contributed by atoms with Gasteiger partial charge in [-0.3, -0.25) is 4.79 Å². The third kappa shape index (κ3) is 4.08. The minimum Gasteiger partial charge on any atom is -0.481 e. The number of amides is 2. The van der Waals surface area contributed by atoms with Crippen LogP contribution < -0.4 is 5.32 Å². The number of thiophene rings is 1. The molecule has 0 bridgehead atoms. The van der Waals surface area contributed by atoms with Gasteiger partial charge in [0.05, 0.1) is 18.6 Å². The van der Waals surface area contributed by atoms with Gasteiger partial charge in [-0.15, -0.1) is 0 Å². The van der Waals surface area contributed by atoms with Crippen molar-refractivity contribution in [3.8, 4) is 0 Å². The van der Waals surface area contributed by atoms with Gasteiger partial charge in [-0.1, -0.05) is 0 Å². The summed E-state index contributed by atoms with van der Waals surface area (Å²) in [6.07, 6.45) is 2.66. The molecule has 2 unspecified atom stereocenters. The zero-order valence-electron chi connectivity index (χ0n) is 13.8. The predicted molar refractivity (Wildman–Crippen MR) is 91.1 cm³/mol. The first-order valence-corrected chi connectivity index (χ1v) is 9.43. The topological polar surface area (TPSA) is 78.9 Å². The van der Waals surface area contributed by atoms with Crippen molar-refractivity contribution < 1.29 is 19.4 Å². The molecule has 24 heavy (non-hydrogen) atoms. The van der Waals surface area contributed by atoms with Gasteiger partial charge in [0.2, 0.25) is 0 Å². The minimum absolute atomic E-state index is 0.00264. The molecule has 1 saturated carbocycles. The van der Waals surface area contributed by atoms with E-state index in [1.807, 2.05) is 23.3 Å². The maximum atomic E-state index is 12.6. The highest BCUT2D eigenvalue weighted by Gasteiger charge is 2.32. The van der Waals surface area contributed by atoms with Crippen molar-refractivity contribution in [2.45, 2.75) is 50.9 Å². The molecule has 0 spiro atoms. The summed E-state index contributed by atoms with van der Waals surface area (Å²) in [5, 5.41) is 16.2. The Bertz CT molecular complexity index is 569. The standard InChI is InChI=1S/C17H24N2O4S/c1-11-8-19(9-15(23-11)13-6-7-24-10-13)17(22)18-14-4-2-12(3-5-14)16(20)21/h6-7,10-12,14-15H,2-5,8-9H2,1H3,(H,18,22)(H,20,21). The Kier molecular flexibility index (Phi) is 5.40. The Morgan fingerprint density at radius 1 is 1.29 bits per heavy atom. The van der Waals surface area contributed by atoms with Crippen LogP contribution in [0, 0.1) is 5.92 Å². The van der Waals surface area contributed by atoms with Crippen molar-refractivity contribution in [1.82, 2.24) is 10.2 Å². The molecule has 2 aliphatic rings. The fraction of sp³-hybridized carbons (Fsp3) is 0.647. The van der Waals surface area contributed by atoms with E-state index in [0.717, 1.165) is 18.4 Å². The summed E-state index contributed by atoms with van der Waals surface area (Å²) in [6, 6.07) is 2.05. The van der Waals surface area contributed by atoms with Crippen LogP contribution in [0.15, 0.2) is 16.8 Å². The molecule has 1 aromatic rings. The number of aliphatic carboxylic acids is 1. The number of carbonyl (C=O) groups excluding carboxylic acids is 1. The quantitative estimate of drug-likeness (QED) is 0.877. The number of nitrogens with zero attached hydrogens (tertiary/aromatic N) is 1. The molecule has 2 amide bonds. The summed E-state index contributed by atoms with van der Waals surface area (Å²) in [6.45, 7) is 3.12. The van der Waals surface area contributed by atoms with Crippen molar-refractivity contribution in [3.05, 3.63) is 22.4 Å². The highest BCUT2D eigenvalue weighted by Crippen LogP contribution is 2.28. The number of hydrogen-bond donors (Lipinski definition) is 2. The Balaban J connectivity index is 1.54. The highest BCUT2D eigenvalue weighted by molar-refractivity contribution is 7.07. The second-order valence-corrected chi connectivity index (χ2v) is 7.51. The zero-order valence-corrected chi connectivity index (χ0v) is 14.6. The largest absolute Gasteiger partial charge is 0.481 e. The van der Waals surface area contributed by atoms with E-state index < -0.39 is 5.97 Å². The minimum atomic E-state index is -0.722. The lowest BCUT2D eigenvalue weighted by Gasteiger charge is -2.38. The first-order chi connectivity index (χ1) is 11.5. The maximum Gasteiger partial charge on any atom is 0.317 e. The van der Waals surface area contributed by atoms with Crippen LogP contribution in [0.3, 0.4) is 0 Å². The van der Waals surface area contributed by atoms with Crippen LogP contribution in [0.25, 0.3) is 0 Å². The lowest BCUT2D eigenvalue weighted by molar-refractivity contribution is -0.142. The molecule has 1 aliphatic carbocycles. The Hall–Kier alpha value is -1.60. The van der Waals surface area contributed by atoms with E-state index in [9.17, 15) is 9.59 Å². The van der Waals surface area contributed by atoms with Crippen molar-refractivity contribution >= 4 is 23.3 Å². The molecule has 6 nitrogen and oxygen atoms in total. The van der Waals surface area contributed by atoms with Gasteiger partial charge in [-0.2, -0.15) is 11.3 Å². The maximum absolute atomic E-state index is 12.6. The monoisotopic (exact) mass is 352 g/mol. The fourth-order valence-electron chi connectivity index (χ4n) is 3.51. The van der Waals surface area contributed by atoms with Gasteiger partial charge in [-0.05, 0) is 55.0 Å². The molecule has 7 heteroatoms. The van der Waals surface area contributed by atoms with E-state index in [4.69, 9.17) is 9.84 Å². The van der Waals surface area contributed by atoms with E-state index in [-0.39, 0.29) is 30.2 Å². The Morgan fingerprint density at radius 3 is 2.67 bits per heavy atom. The lowest BCUT2D eigenvalue weighted by Crippen LogP contribution is -2.52. The van der Waals surface area contributed by atoms with Crippen LogP contribution >= 0.6 is 11.3 Å². The summed E-state index contributed by atoms with van der Waals surface area (Å²) < 4.78 is 5.96. The SMILES string of the molecule is CC1CN(C(=O)NC2CCC(C(=O)O)CC2)CC(c2ccsc2)O1. The molecule has 0 radical (unpaired) electrons. The Morgan fingerprint density at radius 2 is 2.04 bits per heavy atom. The van der Waals surface area contributed by atoms with Crippen LogP contribution in [-0.4, -0.2) is 47.2 Å². The number of carbonyl (C=O) groups is 2. The van der Waals surface area contributed by atoms with Gasteiger partial charge < -0.3 is 20.1 Å². The van der Waals surface area contributed by atoms with Gasteiger partial charge in [0.25, 0.3) is 0 Å². The first kappa shape index (κ1) is 17.2. The number of hydrogen-bond acceptors (Lipinski definition) is 4. The first-order valence-electron chi connectivity index (χ1n) is 8.48. The van der Waals surface area contributed by atoms with Crippen molar-refractivity contribution in [2.24, 2.45) is 5.92 Å². The second-order valence-electron chi connectivity index (χ2n) is 6.73. The number of ether oxygens (including phenoxy) is 1. The lowest BCUT2D eigenvalue weighted by atomic mass is 9.86. The normalized spacial score (nSPS) is 30.8. The number of nitrogens with one attached hydrogen (secondary N) is 1. The van der Waals surface area contributed by atoms with E-state index in [0.29, 0.717) is 25.9 Å². The molecule has 1 saturated heterocycles. The van der Waals surface area contributed by atoms with E-state index in [1.165, 1.54) is 0 Å². The molecule has 2 atom stereocenters. The molecule has 1 aromatic heterocycles. The van der Waals surface area contributed by atoms with Crippen molar-refractivity contribution in [3.63, 3.8) is 0 Å². The van der Waals surface area contributed by atoms with E-state index in [1.54, 1.807) is 11.3 Å². The third-order valence-corrected chi connectivity index (χ3v) is 5.57. The van der Waals surface area contributed by atoms with Gasteiger partial charge in [0.15, 0.2) is 0 Å². The molecule has 0 aromatic carbocycles. The van der Waals surface area contributed by atoms with Gasteiger partial charge in [0, 0.05) is 12.6 Å². The highest BCUT2D eigenvalue weighted by atomic mass is 32.1. The zero-order chi connectivity index (χ0) is 17.1. The van der Waals surface area contributed by atoms with Crippen LogP contribution in [0.5, 0.6) is 0 Å². The Labute approximate surface area is 145 Å². The molecular formula is C17H24N2O4S. The molecule has 2 N–H and O–H groups in total. The van der Waals surface area contributed by atoms with Gasteiger partial charge in [-0.25, -0.2) is 4.79 Å². The molecule has 2 heterocycles. The fourth-order valence-corrected chi connectivity index (χ4v) is 4.21. The summed E-state index contributed by atoms with van der Waals surface area (Å²) >= 11 is 1.63.